The second-order valence-electron chi connectivity index (χ2n) is 6.61. The number of carbonyl (C=O) groups excluding carboxylic acids is 2. The van der Waals surface area contributed by atoms with Gasteiger partial charge in [-0.15, -0.1) is 0 Å². The molecule has 6 heteroatoms. The highest BCUT2D eigenvalue weighted by Gasteiger charge is 2.40. The highest BCUT2D eigenvalue weighted by atomic mass is 16.3. The average molecular weight is 319 g/mol. The lowest BCUT2D eigenvalue weighted by molar-refractivity contribution is -0.140. The van der Waals surface area contributed by atoms with E-state index in [0.29, 0.717) is 49.8 Å². The van der Waals surface area contributed by atoms with Gasteiger partial charge in [-0.1, -0.05) is 0 Å². The first-order valence-corrected chi connectivity index (χ1v) is 8.37. The van der Waals surface area contributed by atoms with Crippen molar-refractivity contribution in [3.8, 4) is 0 Å². The van der Waals surface area contributed by atoms with Crippen LogP contribution < -0.4 is 5.73 Å². The molecule has 2 aliphatic rings. The number of fused-ring (bicyclic) bond motifs is 1. The summed E-state index contributed by atoms with van der Waals surface area (Å²) in [5.41, 5.74) is 6.30. The van der Waals surface area contributed by atoms with Crippen LogP contribution in [0.15, 0.2) is 10.5 Å². The molecule has 1 aromatic heterocycles. The van der Waals surface area contributed by atoms with E-state index in [0.717, 1.165) is 18.6 Å². The molecule has 3 heterocycles. The van der Waals surface area contributed by atoms with E-state index in [4.69, 9.17) is 10.2 Å². The number of carbonyl (C=O) groups is 2. The summed E-state index contributed by atoms with van der Waals surface area (Å²) >= 11 is 0. The highest BCUT2D eigenvalue weighted by molar-refractivity contribution is 5.95. The van der Waals surface area contributed by atoms with Crippen LogP contribution in [0.2, 0.25) is 0 Å². The van der Waals surface area contributed by atoms with Gasteiger partial charge >= 0.3 is 0 Å². The van der Waals surface area contributed by atoms with Crippen LogP contribution in [-0.4, -0.2) is 53.8 Å². The Morgan fingerprint density at radius 2 is 2.17 bits per heavy atom. The lowest BCUT2D eigenvalue weighted by Crippen LogP contribution is -2.57. The number of furan rings is 1. The Morgan fingerprint density at radius 1 is 1.39 bits per heavy atom. The number of amides is 2. The van der Waals surface area contributed by atoms with Gasteiger partial charge in [0.25, 0.3) is 5.91 Å². The van der Waals surface area contributed by atoms with E-state index in [9.17, 15) is 9.59 Å². The summed E-state index contributed by atoms with van der Waals surface area (Å²) in [6, 6.07) is 2.05. The molecule has 0 radical (unpaired) electrons. The van der Waals surface area contributed by atoms with E-state index >= 15 is 0 Å². The van der Waals surface area contributed by atoms with Crippen LogP contribution in [0.25, 0.3) is 0 Å². The van der Waals surface area contributed by atoms with Gasteiger partial charge in [-0.3, -0.25) is 9.59 Å². The molecule has 6 nitrogen and oxygen atoms in total. The zero-order valence-electron chi connectivity index (χ0n) is 13.9. The summed E-state index contributed by atoms with van der Waals surface area (Å²) in [5.74, 6) is 2.04. The van der Waals surface area contributed by atoms with Crippen LogP contribution in [0.5, 0.6) is 0 Å². The topological polar surface area (TPSA) is 79.8 Å². The molecule has 2 amide bonds. The van der Waals surface area contributed by atoms with Crippen LogP contribution in [-0.2, 0) is 4.79 Å². The monoisotopic (exact) mass is 319 g/mol. The van der Waals surface area contributed by atoms with Crippen molar-refractivity contribution in [3.63, 3.8) is 0 Å². The zero-order valence-corrected chi connectivity index (χ0v) is 13.9. The number of hydrogen-bond donors (Lipinski definition) is 1. The quantitative estimate of drug-likeness (QED) is 0.911. The van der Waals surface area contributed by atoms with Gasteiger partial charge in [-0.2, -0.15) is 0 Å². The van der Waals surface area contributed by atoms with Gasteiger partial charge in [0, 0.05) is 38.6 Å². The van der Waals surface area contributed by atoms with Gasteiger partial charge in [0.05, 0.1) is 5.56 Å². The minimum absolute atomic E-state index is 0.0417. The Kier molecular flexibility index (Phi) is 4.43. The zero-order chi connectivity index (χ0) is 16.6. The van der Waals surface area contributed by atoms with E-state index in [1.807, 2.05) is 29.7 Å². The number of hydrogen-bond acceptors (Lipinski definition) is 4. The van der Waals surface area contributed by atoms with Crippen LogP contribution in [0.1, 0.15) is 41.1 Å². The summed E-state index contributed by atoms with van der Waals surface area (Å²) in [6.07, 6.45) is 2.25. The lowest BCUT2D eigenvalue weighted by Gasteiger charge is -2.47. The first kappa shape index (κ1) is 16.1. The van der Waals surface area contributed by atoms with E-state index in [1.54, 1.807) is 0 Å². The SMILES string of the molecule is Cc1cc(C(=O)N2CC[C@@H]3[C@@H](CCC(=O)N3CCN)C2)c(C)o1. The third-order valence-corrected chi connectivity index (χ3v) is 5.07. The summed E-state index contributed by atoms with van der Waals surface area (Å²) in [7, 11) is 0. The lowest BCUT2D eigenvalue weighted by atomic mass is 9.83. The van der Waals surface area contributed by atoms with Crippen LogP contribution in [0.3, 0.4) is 0 Å². The molecule has 2 N–H and O–H groups in total. The summed E-state index contributed by atoms with van der Waals surface area (Å²) in [4.78, 5) is 28.7. The maximum absolute atomic E-state index is 12.7. The van der Waals surface area contributed by atoms with Crippen molar-refractivity contribution in [2.75, 3.05) is 26.2 Å². The van der Waals surface area contributed by atoms with Gasteiger partial charge < -0.3 is 20.0 Å². The van der Waals surface area contributed by atoms with Gasteiger partial charge in [0.1, 0.15) is 11.5 Å². The first-order valence-electron chi connectivity index (χ1n) is 8.37. The Morgan fingerprint density at radius 3 is 2.83 bits per heavy atom. The fourth-order valence-electron chi connectivity index (χ4n) is 3.98. The maximum Gasteiger partial charge on any atom is 0.257 e. The second kappa shape index (κ2) is 6.35. The molecular weight excluding hydrogens is 294 g/mol. The Labute approximate surface area is 136 Å². The van der Waals surface area contributed by atoms with Crippen molar-refractivity contribution in [1.82, 2.24) is 9.80 Å². The van der Waals surface area contributed by atoms with Crippen molar-refractivity contribution in [3.05, 3.63) is 23.2 Å². The van der Waals surface area contributed by atoms with E-state index in [1.165, 1.54) is 0 Å². The molecule has 0 spiro atoms. The summed E-state index contributed by atoms with van der Waals surface area (Å²) < 4.78 is 5.48. The third-order valence-electron chi connectivity index (χ3n) is 5.07. The van der Waals surface area contributed by atoms with Crippen molar-refractivity contribution >= 4 is 11.8 Å². The van der Waals surface area contributed by atoms with Crippen LogP contribution in [0, 0.1) is 19.8 Å². The van der Waals surface area contributed by atoms with E-state index in [2.05, 4.69) is 0 Å². The molecule has 2 atom stereocenters. The number of rotatable bonds is 3. The number of nitrogens with two attached hydrogens (primary N) is 1. The minimum atomic E-state index is 0.0417. The fraction of sp³-hybridized carbons (Fsp3) is 0.647. The smallest absolute Gasteiger partial charge is 0.257 e. The molecular formula is C17H25N3O3. The molecule has 0 saturated carbocycles. The highest BCUT2D eigenvalue weighted by Crippen LogP contribution is 2.32. The van der Waals surface area contributed by atoms with Crippen LogP contribution in [0.4, 0.5) is 0 Å². The van der Waals surface area contributed by atoms with Crippen molar-refractivity contribution in [1.29, 1.82) is 0 Å². The van der Waals surface area contributed by atoms with Gasteiger partial charge in [0.2, 0.25) is 5.91 Å². The molecule has 2 aliphatic heterocycles. The van der Waals surface area contributed by atoms with E-state index in [-0.39, 0.29) is 17.9 Å². The second-order valence-corrected chi connectivity index (χ2v) is 6.61. The van der Waals surface area contributed by atoms with Gasteiger partial charge in [-0.05, 0) is 38.7 Å². The molecule has 126 valence electrons. The van der Waals surface area contributed by atoms with Gasteiger partial charge in [-0.25, -0.2) is 0 Å². The molecule has 2 saturated heterocycles. The summed E-state index contributed by atoms with van der Waals surface area (Å²) in [5, 5.41) is 0. The molecule has 0 aliphatic carbocycles. The molecule has 2 fully saturated rings. The normalized spacial score (nSPS) is 24.7. The summed E-state index contributed by atoms with van der Waals surface area (Å²) in [6.45, 7) is 6.18. The van der Waals surface area contributed by atoms with Gasteiger partial charge in [0.15, 0.2) is 0 Å². The number of nitrogens with zero attached hydrogens (tertiary/aromatic N) is 2. The average Bonchev–Trinajstić information content (AvgIpc) is 2.87. The van der Waals surface area contributed by atoms with Crippen molar-refractivity contribution < 1.29 is 14.0 Å². The Balaban J connectivity index is 1.72. The molecule has 23 heavy (non-hydrogen) atoms. The molecule has 1 aromatic rings. The largest absolute Gasteiger partial charge is 0.466 e. The Hall–Kier alpha value is -1.82. The first-order chi connectivity index (χ1) is 11.0. The maximum atomic E-state index is 12.7. The standard InChI is InChI=1S/C17H25N3O3/c1-11-9-14(12(2)23-11)17(22)19-7-5-15-13(10-19)3-4-16(21)20(15)8-6-18/h9,13,15H,3-8,10,18H2,1-2H3/t13-,15+/m0/s1. The number of piperidine rings is 2. The Bertz CT molecular complexity index is 610. The number of aryl methyl sites for hydroxylation is 2. The van der Waals surface area contributed by atoms with E-state index < -0.39 is 0 Å². The molecule has 0 aromatic carbocycles. The fourth-order valence-corrected chi connectivity index (χ4v) is 3.98. The van der Waals surface area contributed by atoms with Crippen molar-refractivity contribution in [2.24, 2.45) is 11.7 Å². The number of likely N-dealkylation sites (tertiary alicyclic amines) is 2. The van der Waals surface area contributed by atoms with Crippen molar-refractivity contribution in [2.45, 2.75) is 39.2 Å². The molecule has 0 unspecified atom stereocenters. The predicted molar refractivity (Wildman–Crippen MR) is 86.0 cm³/mol. The predicted octanol–water partition coefficient (Wildman–Crippen LogP) is 1.31. The molecule has 0 bridgehead atoms. The molecule has 3 rings (SSSR count). The van der Waals surface area contributed by atoms with Crippen LogP contribution >= 0.6 is 0 Å². The minimum Gasteiger partial charge on any atom is -0.466 e. The third kappa shape index (κ3) is 3.00.